The molecule has 0 unspecified atom stereocenters. The third kappa shape index (κ3) is 2.34. The fourth-order valence-electron chi connectivity index (χ4n) is 1.46. The first-order valence-corrected chi connectivity index (χ1v) is 5.20. The minimum atomic E-state index is 0.442. The molecule has 2 aromatic rings. The Bertz CT molecular complexity index is 570. The van der Waals surface area contributed by atoms with Crippen LogP contribution in [0.1, 0.15) is 11.3 Å². The Morgan fingerprint density at radius 2 is 2.00 bits per heavy atom. The van der Waals surface area contributed by atoms with Gasteiger partial charge in [-0.15, -0.1) is 0 Å². The van der Waals surface area contributed by atoms with Gasteiger partial charge in [-0.2, -0.15) is 5.26 Å². The van der Waals surface area contributed by atoms with Gasteiger partial charge in [0.15, 0.2) is 0 Å². The number of nitrogens with two attached hydrogens (primary N) is 1. The SMILES string of the molecule is Cc1nc(Nc2ccccc2)c(C#N)cc1N. The highest BCUT2D eigenvalue weighted by Crippen LogP contribution is 2.21. The van der Waals surface area contributed by atoms with Crippen LogP contribution >= 0.6 is 0 Å². The Balaban J connectivity index is 2.40. The molecule has 0 saturated heterocycles. The van der Waals surface area contributed by atoms with Gasteiger partial charge < -0.3 is 11.1 Å². The molecule has 1 aromatic heterocycles. The van der Waals surface area contributed by atoms with Gasteiger partial charge >= 0.3 is 0 Å². The summed E-state index contributed by atoms with van der Waals surface area (Å²) in [5.74, 6) is 0.533. The summed E-state index contributed by atoms with van der Waals surface area (Å²) < 4.78 is 0. The van der Waals surface area contributed by atoms with E-state index in [0.29, 0.717) is 22.8 Å². The lowest BCUT2D eigenvalue weighted by atomic mass is 10.2. The van der Waals surface area contributed by atoms with Gasteiger partial charge in [0.25, 0.3) is 0 Å². The zero-order valence-electron chi connectivity index (χ0n) is 9.44. The standard InChI is InChI=1S/C13H12N4/c1-9-12(15)7-10(8-14)13(16-9)17-11-5-3-2-4-6-11/h2-7H,15H2,1H3,(H,16,17). The summed E-state index contributed by atoms with van der Waals surface area (Å²) in [5, 5.41) is 12.1. The topological polar surface area (TPSA) is 74.7 Å². The Kier molecular flexibility index (Phi) is 2.93. The van der Waals surface area contributed by atoms with E-state index < -0.39 is 0 Å². The average Bonchev–Trinajstić information content (AvgIpc) is 2.35. The number of rotatable bonds is 2. The highest BCUT2D eigenvalue weighted by molar-refractivity contribution is 5.66. The van der Waals surface area contributed by atoms with Crippen molar-refractivity contribution in [3.63, 3.8) is 0 Å². The van der Waals surface area contributed by atoms with E-state index in [0.717, 1.165) is 5.69 Å². The molecule has 0 aliphatic heterocycles. The number of pyridine rings is 1. The monoisotopic (exact) mass is 224 g/mol. The number of hydrogen-bond acceptors (Lipinski definition) is 4. The predicted molar refractivity (Wildman–Crippen MR) is 67.8 cm³/mol. The number of nitrogen functional groups attached to an aromatic ring is 1. The number of nitrogens with one attached hydrogen (secondary N) is 1. The summed E-state index contributed by atoms with van der Waals surface area (Å²) in [5.41, 5.74) is 8.29. The molecule has 4 heteroatoms. The van der Waals surface area contributed by atoms with Crippen molar-refractivity contribution >= 4 is 17.2 Å². The first kappa shape index (κ1) is 11.0. The molecule has 1 heterocycles. The van der Waals surface area contributed by atoms with Gasteiger partial charge in [0.1, 0.15) is 11.9 Å². The molecule has 0 spiro atoms. The molecule has 84 valence electrons. The summed E-state index contributed by atoms with van der Waals surface area (Å²) in [6, 6.07) is 13.3. The molecule has 1 aromatic carbocycles. The number of anilines is 3. The van der Waals surface area contributed by atoms with E-state index in [1.54, 1.807) is 6.07 Å². The van der Waals surface area contributed by atoms with E-state index >= 15 is 0 Å². The van der Waals surface area contributed by atoms with E-state index in [1.165, 1.54) is 0 Å². The van der Waals surface area contributed by atoms with Crippen molar-refractivity contribution in [1.29, 1.82) is 5.26 Å². The quantitative estimate of drug-likeness (QED) is 0.822. The summed E-state index contributed by atoms with van der Waals surface area (Å²) in [7, 11) is 0. The number of aryl methyl sites for hydroxylation is 1. The van der Waals surface area contributed by atoms with Crippen LogP contribution in [0.2, 0.25) is 0 Å². The zero-order chi connectivity index (χ0) is 12.3. The highest BCUT2D eigenvalue weighted by Gasteiger charge is 2.07. The van der Waals surface area contributed by atoms with Crippen LogP contribution in [0.3, 0.4) is 0 Å². The lowest BCUT2D eigenvalue weighted by Gasteiger charge is -2.09. The van der Waals surface area contributed by atoms with Crippen LogP contribution in [0.4, 0.5) is 17.2 Å². The number of hydrogen-bond donors (Lipinski definition) is 2. The first-order chi connectivity index (χ1) is 8.20. The van der Waals surface area contributed by atoms with E-state index in [4.69, 9.17) is 11.0 Å². The second kappa shape index (κ2) is 4.54. The van der Waals surface area contributed by atoms with Crippen LogP contribution in [-0.2, 0) is 0 Å². The zero-order valence-corrected chi connectivity index (χ0v) is 9.44. The molecule has 0 aliphatic carbocycles. The van der Waals surface area contributed by atoms with E-state index in [9.17, 15) is 0 Å². The van der Waals surface area contributed by atoms with Crippen molar-refractivity contribution in [2.24, 2.45) is 0 Å². The molecule has 0 aliphatic rings. The normalized spacial score (nSPS) is 9.65. The van der Waals surface area contributed by atoms with Gasteiger partial charge in [0, 0.05) is 5.69 Å². The van der Waals surface area contributed by atoms with Crippen LogP contribution in [-0.4, -0.2) is 4.98 Å². The minimum absolute atomic E-state index is 0.442. The third-order valence-corrected chi connectivity index (χ3v) is 2.41. The van der Waals surface area contributed by atoms with E-state index in [2.05, 4.69) is 16.4 Å². The van der Waals surface area contributed by atoms with Gasteiger partial charge in [-0.3, -0.25) is 0 Å². The minimum Gasteiger partial charge on any atom is -0.397 e. The van der Waals surface area contributed by atoms with Crippen LogP contribution in [0.25, 0.3) is 0 Å². The van der Waals surface area contributed by atoms with Crippen molar-refractivity contribution in [2.75, 3.05) is 11.1 Å². The largest absolute Gasteiger partial charge is 0.397 e. The molecule has 2 rings (SSSR count). The molecule has 0 bridgehead atoms. The van der Waals surface area contributed by atoms with Crippen LogP contribution in [0.15, 0.2) is 36.4 Å². The van der Waals surface area contributed by atoms with E-state index in [-0.39, 0.29) is 0 Å². The molecule has 17 heavy (non-hydrogen) atoms. The van der Waals surface area contributed by atoms with Crippen LogP contribution in [0, 0.1) is 18.3 Å². The second-order valence-corrected chi connectivity index (χ2v) is 3.66. The molecule has 0 radical (unpaired) electrons. The Morgan fingerprint density at radius 1 is 1.29 bits per heavy atom. The molecule has 0 saturated carbocycles. The van der Waals surface area contributed by atoms with Gasteiger partial charge in [0.05, 0.1) is 16.9 Å². The fourth-order valence-corrected chi connectivity index (χ4v) is 1.46. The second-order valence-electron chi connectivity index (χ2n) is 3.66. The van der Waals surface area contributed by atoms with Crippen molar-refractivity contribution in [1.82, 2.24) is 4.98 Å². The molecule has 0 atom stereocenters. The molecule has 0 amide bonds. The number of benzene rings is 1. The van der Waals surface area contributed by atoms with Crippen molar-refractivity contribution in [2.45, 2.75) is 6.92 Å². The van der Waals surface area contributed by atoms with Crippen LogP contribution < -0.4 is 11.1 Å². The fraction of sp³-hybridized carbons (Fsp3) is 0.0769. The Morgan fingerprint density at radius 3 is 2.65 bits per heavy atom. The maximum absolute atomic E-state index is 9.03. The number of aromatic nitrogens is 1. The summed E-state index contributed by atoms with van der Waals surface area (Å²) in [6.45, 7) is 1.81. The smallest absolute Gasteiger partial charge is 0.148 e. The predicted octanol–water partition coefficient (Wildman–Crippen LogP) is 2.59. The van der Waals surface area contributed by atoms with Crippen molar-refractivity contribution < 1.29 is 0 Å². The Labute approximate surface area is 99.7 Å². The maximum atomic E-state index is 9.03. The molecule has 3 N–H and O–H groups in total. The molecular formula is C13H12N4. The summed E-state index contributed by atoms with van der Waals surface area (Å²) >= 11 is 0. The summed E-state index contributed by atoms with van der Waals surface area (Å²) in [6.07, 6.45) is 0. The lowest BCUT2D eigenvalue weighted by molar-refractivity contribution is 1.19. The number of nitrogens with zero attached hydrogens (tertiary/aromatic N) is 2. The maximum Gasteiger partial charge on any atom is 0.148 e. The molecule has 0 fully saturated rings. The van der Waals surface area contributed by atoms with Gasteiger partial charge in [0.2, 0.25) is 0 Å². The third-order valence-electron chi connectivity index (χ3n) is 2.41. The Hall–Kier alpha value is -2.54. The number of nitriles is 1. The van der Waals surface area contributed by atoms with Gasteiger partial charge in [-0.05, 0) is 25.1 Å². The lowest BCUT2D eigenvalue weighted by Crippen LogP contribution is -2.01. The first-order valence-electron chi connectivity index (χ1n) is 5.20. The van der Waals surface area contributed by atoms with Crippen molar-refractivity contribution in [3.05, 3.63) is 47.7 Å². The van der Waals surface area contributed by atoms with Gasteiger partial charge in [-0.1, -0.05) is 18.2 Å². The highest BCUT2D eigenvalue weighted by atomic mass is 15.0. The van der Waals surface area contributed by atoms with Crippen molar-refractivity contribution in [3.8, 4) is 6.07 Å². The van der Waals surface area contributed by atoms with E-state index in [1.807, 2.05) is 37.3 Å². The number of para-hydroxylation sites is 1. The van der Waals surface area contributed by atoms with Crippen LogP contribution in [0.5, 0.6) is 0 Å². The molecule has 4 nitrogen and oxygen atoms in total. The molecular weight excluding hydrogens is 212 g/mol. The van der Waals surface area contributed by atoms with Gasteiger partial charge in [-0.25, -0.2) is 4.98 Å². The average molecular weight is 224 g/mol. The summed E-state index contributed by atoms with van der Waals surface area (Å²) in [4.78, 5) is 4.28.